The van der Waals surface area contributed by atoms with Crippen molar-refractivity contribution < 1.29 is 60.4 Å². The van der Waals surface area contributed by atoms with Crippen LogP contribution in [0.2, 0.25) is 0 Å². The third kappa shape index (κ3) is 6.12. The summed E-state index contributed by atoms with van der Waals surface area (Å²) < 4.78 is 93.4. The molecular formula is C32H30F6N2O7. The smallest absolute Gasteiger partial charge is 0.471 e. The van der Waals surface area contributed by atoms with E-state index in [1.54, 1.807) is 6.92 Å². The van der Waals surface area contributed by atoms with Gasteiger partial charge in [0.1, 0.15) is 18.3 Å². The number of aliphatic hydroxyl groups is 1. The van der Waals surface area contributed by atoms with Gasteiger partial charge in [0.05, 0.1) is 16.9 Å². The number of carbonyl (C=O) groups is 3. The number of aromatic carboxylic acids is 1. The van der Waals surface area contributed by atoms with Crippen LogP contribution in [0.1, 0.15) is 57.6 Å². The first kappa shape index (κ1) is 35.2. The zero-order chi connectivity index (χ0) is 35.2. The van der Waals surface area contributed by atoms with Crippen LogP contribution in [0.4, 0.5) is 37.7 Å². The van der Waals surface area contributed by atoms with Gasteiger partial charge in [-0.2, -0.15) is 26.3 Å². The van der Waals surface area contributed by atoms with E-state index in [4.69, 9.17) is 9.47 Å². The SMILES string of the molecule is CCN(C(=O)C(F)(F)F)c1cc2c(cc1C)C(OCO)(c1cc(C(=O)O)ccc1C)c1cc(C)c(N(CC)C(=O)C(F)(F)F)cc1O2. The number of hydrogen-bond donors (Lipinski definition) is 2. The van der Waals surface area contributed by atoms with Crippen LogP contribution in [0.15, 0.2) is 42.5 Å². The number of carbonyl (C=O) groups excluding carboxylic acids is 2. The molecule has 3 aromatic carbocycles. The molecule has 252 valence electrons. The quantitative estimate of drug-likeness (QED) is 0.208. The minimum atomic E-state index is -5.23. The molecule has 1 aliphatic rings. The van der Waals surface area contributed by atoms with Gasteiger partial charge in [-0.15, -0.1) is 0 Å². The second kappa shape index (κ2) is 12.5. The zero-order valence-electron chi connectivity index (χ0n) is 25.8. The summed E-state index contributed by atoms with van der Waals surface area (Å²) in [6.45, 7) is 5.33. The second-order valence-electron chi connectivity index (χ2n) is 10.8. The van der Waals surface area contributed by atoms with E-state index in [-0.39, 0.29) is 56.3 Å². The first-order valence-corrected chi connectivity index (χ1v) is 14.2. The van der Waals surface area contributed by atoms with E-state index in [0.29, 0.717) is 15.4 Å². The van der Waals surface area contributed by atoms with E-state index in [1.807, 2.05) is 0 Å². The van der Waals surface area contributed by atoms with Gasteiger partial charge in [0, 0.05) is 36.3 Å². The maximum absolute atomic E-state index is 13.5. The minimum absolute atomic E-state index is 0.0901. The number of ether oxygens (including phenoxy) is 2. The van der Waals surface area contributed by atoms with E-state index in [2.05, 4.69) is 0 Å². The number of amides is 2. The van der Waals surface area contributed by atoms with Crippen molar-refractivity contribution in [2.45, 2.75) is 52.6 Å². The van der Waals surface area contributed by atoms with Gasteiger partial charge in [-0.1, -0.05) is 6.07 Å². The Hall–Kier alpha value is -4.63. The lowest BCUT2D eigenvalue weighted by Gasteiger charge is -2.42. The molecule has 15 heteroatoms. The maximum atomic E-state index is 13.5. The molecule has 0 saturated heterocycles. The van der Waals surface area contributed by atoms with Gasteiger partial charge >= 0.3 is 30.1 Å². The Balaban J connectivity index is 2.14. The lowest BCUT2D eigenvalue weighted by atomic mass is 9.74. The monoisotopic (exact) mass is 668 g/mol. The Morgan fingerprint density at radius 2 is 1.19 bits per heavy atom. The van der Waals surface area contributed by atoms with Gasteiger partial charge in [0.15, 0.2) is 5.60 Å². The van der Waals surface area contributed by atoms with Gasteiger partial charge in [-0.3, -0.25) is 9.59 Å². The second-order valence-corrected chi connectivity index (χ2v) is 10.8. The van der Waals surface area contributed by atoms with Crippen LogP contribution >= 0.6 is 0 Å². The average Bonchev–Trinajstić information content (AvgIpc) is 2.98. The molecule has 3 aromatic rings. The third-order valence-electron chi connectivity index (χ3n) is 7.91. The number of aryl methyl sites for hydroxylation is 3. The number of benzene rings is 3. The number of alkyl halides is 6. The predicted molar refractivity (Wildman–Crippen MR) is 157 cm³/mol. The van der Waals surface area contributed by atoms with Crippen LogP contribution in [0.3, 0.4) is 0 Å². The number of halogens is 6. The van der Waals surface area contributed by atoms with Crippen molar-refractivity contribution in [1.29, 1.82) is 0 Å². The number of carboxylic acid groups (broad SMARTS) is 1. The molecule has 0 unspecified atom stereocenters. The lowest BCUT2D eigenvalue weighted by molar-refractivity contribution is -0.170. The molecule has 0 radical (unpaired) electrons. The molecule has 2 N–H and O–H groups in total. The van der Waals surface area contributed by atoms with Crippen LogP contribution in [-0.2, 0) is 19.9 Å². The molecular weight excluding hydrogens is 638 g/mol. The molecule has 2 amide bonds. The highest BCUT2D eigenvalue weighted by Gasteiger charge is 2.49. The fourth-order valence-electron chi connectivity index (χ4n) is 5.83. The first-order chi connectivity index (χ1) is 21.8. The summed E-state index contributed by atoms with van der Waals surface area (Å²) in [5.41, 5.74) is -1.48. The molecule has 0 aliphatic carbocycles. The van der Waals surface area contributed by atoms with Crippen molar-refractivity contribution >= 4 is 29.2 Å². The third-order valence-corrected chi connectivity index (χ3v) is 7.91. The summed E-state index contributed by atoms with van der Waals surface area (Å²) in [5.74, 6) is -6.06. The molecule has 0 spiro atoms. The fraction of sp³-hybridized carbons (Fsp3) is 0.344. The summed E-state index contributed by atoms with van der Waals surface area (Å²) in [7, 11) is 0. The number of nitrogens with zero attached hydrogens (tertiary/aromatic N) is 2. The number of aliphatic hydroxyl groups excluding tert-OH is 1. The fourth-order valence-corrected chi connectivity index (χ4v) is 5.83. The van der Waals surface area contributed by atoms with Gasteiger partial charge < -0.3 is 29.5 Å². The van der Waals surface area contributed by atoms with Crippen molar-refractivity contribution in [2.75, 3.05) is 29.7 Å². The largest absolute Gasteiger partial charge is 0.478 e. The van der Waals surface area contributed by atoms with E-state index in [9.17, 15) is 50.9 Å². The van der Waals surface area contributed by atoms with E-state index in [1.165, 1.54) is 58.0 Å². The van der Waals surface area contributed by atoms with Crippen LogP contribution < -0.4 is 14.5 Å². The van der Waals surface area contributed by atoms with Crippen LogP contribution in [0.5, 0.6) is 11.5 Å². The topological polar surface area (TPSA) is 117 Å². The summed E-state index contributed by atoms with van der Waals surface area (Å²) in [4.78, 5) is 37.7. The predicted octanol–water partition coefficient (Wildman–Crippen LogP) is 6.50. The molecule has 0 saturated carbocycles. The first-order valence-electron chi connectivity index (χ1n) is 14.2. The molecule has 0 fully saturated rings. The Morgan fingerprint density at radius 1 is 0.745 bits per heavy atom. The molecule has 0 atom stereocenters. The van der Waals surface area contributed by atoms with Crippen molar-refractivity contribution in [1.82, 2.24) is 0 Å². The van der Waals surface area contributed by atoms with Crippen molar-refractivity contribution in [3.05, 3.63) is 81.4 Å². The molecule has 1 heterocycles. The summed E-state index contributed by atoms with van der Waals surface area (Å²) in [6.07, 6.45) is -10.5. The summed E-state index contributed by atoms with van der Waals surface area (Å²) in [6, 6.07) is 9.07. The van der Waals surface area contributed by atoms with E-state index in [0.717, 1.165) is 12.1 Å². The normalized spacial score (nSPS) is 13.7. The number of hydrogen-bond acceptors (Lipinski definition) is 6. The molecule has 47 heavy (non-hydrogen) atoms. The Morgan fingerprint density at radius 3 is 1.55 bits per heavy atom. The van der Waals surface area contributed by atoms with E-state index < -0.39 is 55.6 Å². The standard InChI is InChI=1S/C32H30F6N2O7/c1-6-39(28(44)31(33,34)35)23-13-25-21(10-17(23)4)30(46-15-41,20-12-19(27(42)43)9-8-16(20)3)22-11-18(5)24(14-26(22)47-25)40(7-2)29(45)32(36,37)38/h8-14,41H,6-7,15H2,1-5H3,(H,42,43). The highest BCUT2D eigenvalue weighted by Crippen LogP contribution is 2.56. The minimum Gasteiger partial charge on any atom is -0.478 e. The molecule has 4 rings (SSSR count). The highest BCUT2D eigenvalue weighted by atomic mass is 19.4. The number of anilines is 2. The number of rotatable bonds is 8. The van der Waals surface area contributed by atoms with Crippen molar-refractivity contribution in [3.8, 4) is 11.5 Å². The average molecular weight is 669 g/mol. The van der Waals surface area contributed by atoms with Crippen LogP contribution in [0.25, 0.3) is 0 Å². The van der Waals surface area contributed by atoms with Gasteiger partial charge in [0.2, 0.25) is 0 Å². The number of fused-ring (bicyclic) bond motifs is 2. The zero-order valence-corrected chi connectivity index (χ0v) is 25.8. The summed E-state index contributed by atoms with van der Waals surface area (Å²) in [5, 5.41) is 20.1. The van der Waals surface area contributed by atoms with Crippen LogP contribution in [-0.4, -0.2) is 60.2 Å². The lowest BCUT2D eigenvalue weighted by Crippen LogP contribution is -2.42. The Kier molecular flexibility index (Phi) is 9.39. The van der Waals surface area contributed by atoms with E-state index >= 15 is 0 Å². The number of carboxylic acids is 1. The Bertz CT molecular complexity index is 1660. The Labute approximate surface area is 264 Å². The van der Waals surface area contributed by atoms with Crippen molar-refractivity contribution in [2.24, 2.45) is 0 Å². The van der Waals surface area contributed by atoms with Crippen molar-refractivity contribution in [3.63, 3.8) is 0 Å². The summed E-state index contributed by atoms with van der Waals surface area (Å²) >= 11 is 0. The van der Waals surface area contributed by atoms with Gasteiger partial charge in [0.25, 0.3) is 0 Å². The van der Waals surface area contributed by atoms with Crippen LogP contribution in [0, 0.1) is 20.8 Å². The van der Waals surface area contributed by atoms with Gasteiger partial charge in [-0.25, -0.2) is 4.79 Å². The molecule has 1 aliphatic heterocycles. The molecule has 0 bridgehead atoms. The highest BCUT2D eigenvalue weighted by molar-refractivity contribution is 5.99. The molecule has 9 nitrogen and oxygen atoms in total. The van der Waals surface area contributed by atoms with Gasteiger partial charge in [-0.05, 0) is 81.1 Å². The molecule has 0 aromatic heterocycles. The maximum Gasteiger partial charge on any atom is 0.471 e.